The summed E-state index contributed by atoms with van der Waals surface area (Å²) in [6.45, 7) is 0.899. The van der Waals surface area contributed by atoms with E-state index in [4.69, 9.17) is 11.5 Å². The molecule has 0 unspecified atom stereocenters. The highest BCUT2D eigenvalue weighted by atomic mass is 35.5. The second-order valence-electron chi connectivity index (χ2n) is 4.38. The number of nitrogens with two attached hydrogens (primary N) is 2. The maximum atomic E-state index is 9.67. The smallest absolute Gasteiger partial charge is 0.120 e. The minimum Gasteiger partial charge on any atom is -0.508 e. The Morgan fingerprint density at radius 2 is 1.20 bits per heavy atom. The fourth-order valence-electron chi connectivity index (χ4n) is 1.83. The SMILES string of the molecule is Cl.Nc1ccc(O)c(CNCc2cc(N)ccc2O)c1. The van der Waals surface area contributed by atoms with Crippen molar-refractivity contribution in [3.05, 3.63) is 47.5 Å². The molecule has 0 saturated heterocycles. The molecule has 0 saturated carbocycles. The lowest BCUT2D eigenvalue weighted by atomic mass is 10.1. The highest BCUT2D eigenvalue weighted by Crippen LogP contribution is 2.21. The van der Waals surface area contributed by atoms with E-state index in [9.17, 15) is 10.2 Å². The van der Waals surface area contributed by atoms with Gasteiger partial charge in [0.15, 0.2) is 0 Å². The van der Waals surface area contributed by atoms with E-state index < -0.39 is 0 Å². The van der Waals surface area contributed by atoms with Crippen molar-refractivity contribution in [2.75, 3.05) is 11.5 Å². The van der Waals surface area contributed by atoms with Crippen LogP contribution in [0.3, 0.4) is 0 Å². The minimum atomic E-state index is 0. The first-order valence-corrected chi connectivity index (χ1v) is 5.91. The van der Waals surface area contributed by atoms with Gasteiger partial charge in [0.1, 0.15) is 11.5 Å². The number of halogens is 1. The average Bonchev–Trinajstić information content (AvgIpc) is 2.38. The molecule has 0 aromatic heterocycles. The highest BCUT2D eigenvalue weighted by Gasteiger charge is 2.04. The van der Waals surface area contributed by atoms with E-state index in [1.807, 2.05) is 0 Å². The maximum absolute atomic E-state index is 9.67. The normalized spacial score (nSPS) is 10.0. The number of benzene rings is 2. The van der Waals surface area contributed by atoms with E-state index >= 15 is 0 Å². The van der Waals surface area contributed by atoms with Gasteiger partial charge in [-0.25, -0.2) is 0 Å². The van der Waals surface area contributed by atoms with Crippen LogP contribution in [0.2, 0.25) is 0 Å². The summed E-state index contributed by atoms with van der Waals surface area (Å²) >= 11 is 0. The van der Waals surface area contributed by atoms with Gasteiger partial charge in [-0.3, -0.25) is 0 Å². The van der Waals surface area contributed by atoms with Crippen molar-refractivity contribution >= 4 is 23.8 Å². The monoisotopic (exact) mass is 295 g/mol. The standard InChI is InChI=1S/C14H17N3O2.ClH/c15-11-1-3-13(18)9(5-11)7-17-8-10-6-12(16)2-4-14(10)19;/h1-6,17-19H,7-8,15-16H2;1H. The van der Waals surface area contributed by atoms with Gasteiger partial charge in [-0.1, -0.05) is 0 Å². The number of aromatic hydroxyl groups is 2. The van der Waals surface area contributed by atoms with E-state index in [0.717, 1.165) is 0 Å². The van der Waals surface area contributed by atoms with Gasteiger partial charge in [-0.05, 0) is 36.4 Å². The van der Waals surface area contributed by atoms with E-state index in [2.05, 4.69) is 5.32 Å². The van der Waals surface area contributed by atoms with Gasteiger partial charge in [-0.15, -0.1) is 12.4 Å². The van der Waals surface area contributed by atoms with Gasteiger partial charge in [0.05, 0.1) is 0 Å². The second kappa shape index (κ2) is 6.88. The van der Waals surface area contributed by atoms with Crippen LogP contribution in [0.25, 0.3) is 0 Å². The van der Waals surface area contributed by atoms with Crippen LogP contribution in [-0.2, 0) is 13.1 Å². The number of hydrogen-bond acceptors (Lipinski definition) is 5. The molecule has 0 bridgehead atoms. The molecule has 0 atom stereocenters. The molecule has 2 aromatic rings. The molecule has 0 spiro atoms. The van der Waals surface area contributed by atoms with E-state index in [0.29, 0.717) is 35.6 Å². The fourth-order valence-corrected chi connectivity index (χ4v) is 1.83. The summed E-state index contributed by atoms with van der Waals surface area (Å²) in [6.07, 6.45) is 0. The molecule has 2 rings (SSSR count). The molecule has 0 aliphatic rings. The van der Waals surface area contributed by atoms with Crippen LogP contribution in [-0.4, -0.2) is 10.2 Å². The topological polar surface area (TPSA) is 105 Å². The zero-order chi connectivity index (χ0) is 13.8. The molecule has 0 aliphatic carbocycles. The number of phenols is 2. The average molecular weight is 296 g/mol. The molecule has 2 aromatic carbocycles. The maximum Gasteiger partial charge on any atom is 0.120 e. The lowest BCUT2D eigenvalue weighted by Crippen LogP contribution is -2.13. The predicted octanol–water partition coefficient (Wildman–Crippen LogP) is 1.97. The quantitative estimate of drug-likeness (QED) is 0.438. The Kier molecular flexibility index (Phi) is 5.49. The van der Waals surface area contributed by atoms with Gasteiger partial charge >= 0.3 is 0 Å². The Balaban J connectivity index is 0.00000200. The summed E-state index contributed by atoms with van der Waals surface area (Å²) in [5.74, 6) is 0.386. The Hall–Kier alpha value is -2.11. The lowest BCUT2D eigenvalue weighted by Gasteiger charge is -2.09. The molecular formula is C14H18ClN3O2. The third-order valence-corrected chi connectivity index (χ3v) is 2.84. The number of anilines is 2. The number of nitrogen functional groups attached to an aromatic ring is 2. The third-order valence-electron chi connectivity index (χ3n) is 2.84. The summed E-state index contributed by atoms with van der Waals surface area (Å²) in [5, 5.41) is 22.5. The predicted molar refractivity (Wildman–Crippen MR) is 82.8 cm³/mol. The molecule has 0 radical (unpaired) electrons. The molecular weight excluding hydrogens is 278 g/mol. The van der Waals surface area contributed by atoms with Gasteiger partial charge in [0, 0.05) is 35.6 Å². The van der Waals surface area contributed by atoms with Gasteiger partial charge in [-0.2, -0.15) is 0 Å². The van der Waals surface area contributed by atoms with E-state index in [1.54, 1.807) is 36.4 Å². The van der Waals surface area contributed by atoms with Crippen molar-refractivity contribution < 1.29 is 10.2 Å². The van der Waals surface area contributed by atoms with E-state index in [1.165, 1.54) is 0 Å². The van der Waals surface area contributed by atoms with Crippen LogP contribution in [0.15, 0.2) is 36.4 Å². The number of hydrogen-bond donors (Lipinski definition) is 5. The fraction of sp³-hybridized carbons (Fsp3) is 0.143. The van der Waals surface area contributed by atoms with Gasteiger partial charge < -0.3 is 27.0 Å². The van der Waals surface area contributed by atoms with Crippen LogP contribution in [0, 0.1) is 0 Å². The highest BCUT2D eigenvalue weighted by molar-refractivity contribution is 5.85. The van der Waals surface area contributed by atoms with Crippen molar-refractivity contribution in [2.24, 2.45) is 0 Å². The summed E-state index contributed by atoms with van der Waals surface area (Å²) in [5.41, 5.74) is 13.9. The molecule has 0 aliphatic heterocycles. The summed E-state index contributed by atoms with van der Waals surface area (Å²) in [4.78, 5) is 0. The zero-order valence-corrected chi connectivity index (χ0v) is 11.7. The molecule has 6 heteroatoms. The van der Waals surface area contributed by atoms with Crippen molar-refractivity contribution in [1.29, 1.82) is 0 Å². The van der Waals surface area contributed by atoms with Crippen LogP contribution in [0.5, 0.6) is 11.5 Å². The first-order valence-electron chi connectivity index (χ1n) is 5.91. The summed E-state index contributed by atoms with van der Waals surface area (Å²) < 4.78 is 0. The van der Waals surface area contributed by atoms with Crippen LogP contribution in [0.1, 0.15) is 11.1 Å². The van der Waals surface area contributed by atoms with Crippen LogP contribution >= 0.6 is 12.4 Å². The van der Waals surface area contributed by atoms with Crippen molar-refractivity contribution in [3.63, 3.8) is 0 Å². The number of rotatable bonds is 4. The summed E-state index contributed by atoms with van der Waals surface area (Å²) in [6, 6.07) is 9.82. The van der Waals surface area contributed by atoms with Crippen molar-refractivity contribution in [1.82, 2.24) is 5.32 Å². The number of nitrogens with one attached hydrogen (secondary N) is 1. The van der Waals surface area contributed by atoms with E-state index in [-0.39, 0.29) is 23.9 Å². The molecule has 5 nitrogen and oxygen atoms in total. The lowest BCUT2D eigenvalue weighted by molar-refractivity contribution is 0.459. The minimum absolute atomic E-state index is 0. The first-order chi connectivity index (χ1) is 9.06. The van der Waals surface area contributed by atoms with Crippen LogP contribution < -0.4 is 16.8 Å². The molecule has 0 heterocycles. The number of phenolic OH excluding ortho intramolecular Hbond substituents is 2. The molecule has 20 heavy (non-hydrogen) atoms. The Bertz CT molecular complexity index is 539. The molecule has 0 amide bonds. The van der Waals surface area contributed by atoms with Crippen molar-refractivity contribution in [3.8, 4) is 11.5 Å². The first kappa shape index (κ1) is 15.9. The van der Waals surface area contributed by atoms with Gasteiger partial charge in [0.2, 0.25) is 0 Å². The van der Waals surface area contributed by atoms with Crippen LogP contribution in [0.4, 0.5) is 11.4 Å². The molecule has 0 fully saturated rings. The molecule has 108 valence electrons. The largest absolute Gasteiger partial charge is 0.508 e. The van der Waals surface area contributed by atoms with Crippen molar-refractivity contribution in [2.45, 2.75) is 13.1 Å². The Morgan fingerprint density at radius 3 is 1.60 bits per heavy atom. The Morgan fingerprint density at radius 1 is 0.800 bits per heavy atom. The Labute approximate surface area is 123 Å². The molecule has 7 N–H and O–H groups in total. The summed E-state index contributed by atoms with van der Waals surface area (Å²) in [7, 11) is 0. The zero-order valence-electron chi connectivity index (χ0n) is 10.8. The van der Waals surface area contributed by atoms with Gasteiger partial charge in [0.25, 0.3) is 0 Å². The third kappa shape index (κ3) is 3.94. The second-order valence-corrected chi connectivity index (χ2v) is 4.38.